The molecule has 0 aliphatic carbocycles. The molecule has 0 aliphatic rings. The highest BCUT2D eigenvalue weighted by Gasteiger charge is 2.19. The minimum atomic E-state index is -3.89. The van der Waals surface area contributed by atoms with Crippen LogP contribution in [0, 0.1) is 25.2 Å². The van der Waals surface area contributed by atoms with Gasteiger partial charge in [-0.15, -0.1) is 0 Å². The van der Waals surface area contributed by atoms with Crippen LogP contribution in [-0.4, -0.2) is 18.4 Å². The number of aromatic nitrogens is 2. The Kier molecular flexibility index (Phi) is 4.11. The Morgan fingerprint density at radius 3 is 2.57 bits per heavy atom. The Morgan fingerprint density at radius 1 is 1.24 bits per heavy atom. The molecular formula is C13H11ClN4O2S. The number of hydrogen-bond donors (Lipinski definition) is 1. The molecule has 0 unspecified atom stereocenters. The maximum Gasteiger partial charge on any atom is 0.264 e. The Morgan fingerprint density at radius 2 is 1.95 bits per heavy atom. The van der Waals surface area contributed by atoms with Crippen molar-refractivity contribution in [2.75, 3.05) is 4.72 Å². The Labute approximate surface area is 127 Å². The predicted octanol–water partition coefficient (Wildman–Crippen LogP) is 2.42. The van der Waals surface area contributed by atoms with Crippen molar-refractivity contribution >= 4 is 27.6 Å². The van der Waals surface area contributed by atoms with Gasteiger partial charge in [0.15, 0.2) is 0 Å². The third kappa shape index (κ3) is 3.48. The molecule has 0 fully saturated rings. The molecule has 21 heavy (non-hydrogen) atoms. The molecule has 0 saturated heterocycles. The second kappa shape index (κ2) is 5.68. The lowest BCUT2D eigenvalue weighted by molar-refractivity contribution is 0.600. The van der Waals surface area contributed by atoms with E-state index in [2.05, 4.69) is 14.7 Å². The number of nitrogens with one attached hydrogen (secondary N) is 1. The lowest BCUT2D eigenvalue weighted by atomic mass is 10.2. The summed E-state index contributed by atoms with van der Waals surface area (Å²) in [7, 11) is -3.89. The fraction of sp³-hybridized carbons (Fsp3) is 0.154. The van der Waals surface area contributed by atoms with Crippen LogP contribution in [-0.2, 0) is 10.0 Å². The second-order valence-corrected chi connectivity index (χ2v) is 6.39. The van der Waals surface area contributed by atoms with Gasteiger partial charge in [-0.05, 0) is 37.6 Å². The van der Waals surface area contributed by atoms with Crippen LogP contribution in [0.3, 0.4) is 0 Å². The molecule has 1 heterocycles. The lowest BCUT2D eigenvalue weighted by Gasteiger charge is -2.10. The van der Waals surface area contributed by atoms with Crippen molar-refractivity contribution in [1.29, 1.82) is 5.26 Å². The average molecular weight is 323 g/mol. The van der Waals surface area contributed by atoms with E-state index in [0.29, 0.717) is 11.3 Å². The molecule has 0 amide bonds. The Hall–Kier alpha value is -2.17. The van der Waals surface area contributed by atoms with Crippen molar-refractivity contribution in [2.24, 2.45) is 0 Å². The van der Waals surface area contributed by atoms with Crippen LogP contribution in [0.25, 0.3) is 0 Å². The van der Waals surface area contributed by atoms with Gasteiger partial charge in [-0.3, -0.25) is 0 Å². The molecule has 1 aromatic carbocycles. The molecule has 0 bridgehead atoms. The van der Waals surface area contributed by atoms with Crippen LogP contribution in [0.1, 0.15) is 16.8 Å². The molecule has 1 aromatic heterocycles. The number of halogens is 1. The SMILES string of the molecule is Cc1cc(Cl)nc(NS(=O)(=O)c2cc(C#N)ccc2C)n1. The van der Waals surface area contributed by atoms with Crippen LogP contribution in [0.2, 0.25) is 5.15 Å². The summed E-state index contributed by atoms with van der Waals surface area (Å²) in [6.07, 6.45) is 0. The van der Waals surface area contributed by atoms with Gasteiger partial charge >= 0.3 is 0 Å². The largest absolute Gasteiger partial charge is 0.264 e. The first kappa shape index (κ1) is 15.2. The van der Waals surface area contributed by atoms with Crippen molar-refractivity contribution < 1.29 is 8.42 Å². The van der Waals surface area contributed by atoms with Gasteiger partial charge in [0.05, 0.1) is 16.5 Å². The van der Waals surface area contributed by atoms with E-state index >= 15 is 0 Å². The van der Waals surface area contributed by atoms with E-state index in [0.717, 1.165) is 0 Å². The van der Waals surface area contributed by atoms with Crippen LogP contribution in [0.4, 0.5) is 5.95 Å². The smallest absolute Gasteiger partial charge is 0.247 e. The summed E-state index contributed by atoms with van der Waals surface area (Å²) >= 11 is 5.77. The maximum atomic E-state index is 12.4. The maximum absolute atomic E-state index is 12.4. The van der Waals surface area contributed by atoms with Gasteiger partial charge in [-0.25, -0.2) is 23.1 Å². The highest BCUT2D eigenvalue weighted by atomic mass is 35.5. The zero-order valence-corrected chi connectivity index (χ0v) is 12.8. The van der Waals surface area contributed by atoms with Crippen molar-refractivity contribution in [3.8, 4) is 6.07 Å². The summed E-state index contributed by atoms with van der Waals surface area (Å²) in [5.41, 5.74) is 1.31. The average Bonchev–Trinajstić information content (AvgIpc) is 2.37. The number of nitriles is 1. The predicted molar refractivity (Wildman–Crippen MR) is 78.5 cm³/mol. The molecule has 2 rings (SSSR count). The minimum Gasteiger partial charge on any atom is -0.247 e. The number of hydrogen-bond acceptors (Lipinski definition) is 5. The monoisotopic (exact) mass is 322 g/mol. The molecule has 0 saturated carbocycles. The summed E-state index contributed by atoms with van der Waals surface area (Å²) in [6.45, 7) is 3.31. The van der Waals surface area contributed by atoms with Crippen LogP contribution in [0.15, 0.2) is 29.2 Å². The van der Waals surface area contributed by atoms with Gasteiger partial charge < -0.3 is 0 Å². The first-order valence-electron chi connectivity index (χ1n) is 5.86. The number of aryl methyl sites for hydroxylation is 2. The highest BCUT2D eigenvalue weighted by Crippen LogP contribution is 2.20. The summed E-state index contributed by atoms with van der Waals surface area (Å²) < 4.78 is 27.0. The zero-order chi connectivity index (χ0) is 15.6. The summed E-state index contributed by atoms with van der Waals surface area (Å²) in [5, 5.41) is 9.02. The fourth-order valence-corrected chi connectivity index (χ4v) is 3.16. The van der Waals surface area contributed by atoms with E-state index in [1.807, 2.05) is 6.07 Å². The van der Waals surface area contributed by atoms with Gasteiger partial charge in [0.25, 0.3) is 10.0 Å². The van der Waals surface area contributed by atoms with Gasteiger partial charge in [0, 0.05) is 5.69 Å². The normalized spacial score (nSPS) is 11.0. The first-order valence-corrected chi connectivity index (χ1v) is 7.73. The van der Waals surface area contributed by atoms with Crippen molar-refractivity contribution in [3.05, 3.63) is 46.2 Å². The number of anilines is 1. The van der Waals surface area contributed by atoms with Gasteiger partial charge in [0.2, 0.25) is 5.95 Å². The van der Waals surface area contributed by atoms with Crippen LogP contribution in [0.5, 0.6) is 0 Å². The van der Waals surface area contributed by atoms with E-state index in [1.165, 1.54) is 12.1 Å². The number of benzene rings is 1. The third-order valence-electron chi connectivity index (χ3n) is 2.66. The fourth-order valence-electron chi connectivity index (χ4n) is 1.71. The summed E-state index contributed by atoms with van der Waals surface area (Å²) in [5.74, 6) is -0.109. The molecule has 2 aromatic rings. The molecule has 0 spiro atoms. The topological polar surface area (TPSA) is 95.7 Å². The van der Waals surface area contributed by atoms with E-state index in [-0.39, 0.29) is 21.6 Å². The first-order chi connectivity index (χ1) is 9.81. The van der Waals surface area contributed by atoms with Crippen molar-refractivity contribution in [2.45, 2.75) is 18.7 Å². The molecule has 8 heteroatoms. The lowest BCUT2D eigenvalue weighted by Crippen LogP contribution is -2.16. The third-order valence-corrected chi connectivity index (χ3v) is 4.32. The molecule has 0 radical (unpaired) electrons. The van der Waals surface area contributed by atoms with Gasteiger partial charge in [-0.2, -0.15) is 5.26 Å². The van der Waals surface area contributed by atoms with Crippen molar-refractivity contribution in [3.63, 3.8) is 0 Å². The molecule has 6 nitrogen and oxygen atoms in total. The Bertz CT molecular complexity index is 823. The number of nitrogens with zero attached hydrogens (tertiary/aromatic N) is 3. The van der Waals surface area contributed by atoms with Crippen LogP contribution < -0.4 is 4.72 Å². The second-order valence-electron chi connectivity index (χ2n) is 4.35. The molecule has 0 aliphatic heterocycles. The number of sulfonamides is 1. The highest BCUT2D eigenvalue weighted by molar-refractivity contribution is 7.92. The minimum absolute atomic E-state index is 0.00257. The summed E-state index contributed by atoms with van der Waals surface area (Å²) in [6, 6.07) is 7.84. The van der Waals surface area contributed by atoms with Crippen molar-refractivity contribution in [1.82, 2.24) is 9.97 Å². The van der Waals surface area contributed by atoms with E-state index < -0.39 is 10.0 Å². The van der Waals surface area contributed by atoms with E-state index in [9.17, 15) is 8.42 Å². The summed E-state index contributed by atoms with van der Waals surface area (Å²) in [4.78, 5) is 7.78. The van der Waals surface area contributed by atoms with Gasteiger partial charge in [-0.1, -0.05) is 17.7 Å². The molecule has 0 atom stereocenters. The molecule has 1 N–H and O–H groups in total. The van der Waals surface area contributed by atoms with E-state index in [4.69, 9.17) is 16.9 Å². The molecule has 108 valence electrons. The number of rotatable bonds is 3. The quantitative estimate of drug-likeness (QED) is 0.875. The zero-order valence-electron chi connectivity index (χ0n) is 11.3. The standard InChI is InChI=1S/C13H11ClN4O2S/c1-8-3-4-10(7-15)6-11(8)21(19,20)18-13-16-9(2)5-12(14)17-13/h3-6H,1-2H3,(H,16,17,18). The van der Waals surface area contributed by atoms with Gasteiger partial charge in [0.1, 0.15) is 5.15 Å². The van der Waals surface area contributed by atoms with E-state index in [1.54, 1.807) is 26.0 Å². The molecular weight excluding hydrogens is 312 g/mol. The van der Waals surface area contributed by atoms with Crippen LogP contribution >= 0.6 is 11.6 Å². The Balaban J connectivity index is 2.45.